The fraction of sp³-hybridized carbons (Fsp3) is 0.111. The van der Waals surface area contributed by atoms with E-state index in [1.165, 1.54) is 12.0 Å². The highest BCUT2D eigenvalue weighted by molar-refractivity contribution is 8.18. The molecule has 0 unspecified atom stereocenters. The predicted molar refractivity (Wildman–Crippen MR) is 101 cm³/mol. The second-order valence-electron chi connectivity index (χ2n) is 5.28. The Labute approximate surface area is 159 Å². The van der Waals surface area contributed by atoms with Gasteiger partial charge in [-0.05, 0) is 53.7 Å². The monoisotopic (exact) mass is 393 g/mol. The average molecular weight is 394 g/mol. The standard InChI is InChI=1S/C18H13Cl2NO3S/c1-24-15-7-6-14(20)8-12(15)9-16-17(22)21(18(23)25-16)10-11-2-4-13(19)5-3-11/h2-9H,10H2,1H3/b16-9-. The van der Waals surface area contributed by atoms with Crippen LogP contribution >= 0.6 is 35.0 Å². The number of amides is 2. The van der Waals surface area contributed by atoms with Gasteiger partial charge >= 0.3 is 0 Å². The molecule has 0 aromatic heterocycles. The molecule has 3 rings (SSSR count). The topological polar surface area (TPSA) is 46.6 Å². The number of carbonyl (C=O) groups is 2. The molecule has 128 valence electrons. The van der Waals surface area contributed by atoms with Crippen molar-refractivity contribution < 1.29 is 14.3 Å². The lowest BCUT2D eigenvalue weighted by molar-refractivity contribution is -0.123. The molecule has 0 bridgehead atoms. The smallest absolute Gasteiger partial charge is 0.293 e. The van der Waals surface area contributed by atoms with Crippen LogP contribution in [0.4, 0.5) is 4.79 Å². The number of thioether (sulfide) groups is 1. The zero-order valence-corrected chi connectivity index (χ0v) is 15.5. The number of nitrogens with zero attached hydrogens (tertiary/aromatic N) is 1. The molecule has 0 aliphatic carbocycles. The molecule has 1 fully saturated rings. The molecule has 0 N–H and O–H groups in total. The first-order valence-corrected chi connectivity index (χ1v) is 8.88. The van der Waals surface area contributed by atoms with Crippen LogP contribution in [0.5, 0.6) is 5.75 Å². The van der Waals surface area contributed by atoms with Gasteiger partial charge in [0.25, 0.3) is 11.1 Å². The van der Waals surface area contributed by atoms with Gasteiger partial charge in [0, 0.05) is 15.6 Å². The van der Waals surface area contributed by atoms with Crippen LogP contribution in [0, 0.1) is 0 Å². The molecule has 1 aliphatic rings. The van der Waals surface area contributed by atoms with E-state index >= 15 is 0 Å². The molecule has 1 aliphatic heterocycles. The van der Waals surface area contributed by atoms with Gasteiger partial charge in [0.2, 0.25) is 0 Å². The summed E-state index contributed by atoms with van der Waals surface area (Å²) in [6, 6.07) is 12.1. The van der Waals surface area contributed by atoms with Gasteiger partial charge in [-0.2, -0.15) is 0 Å². The fourth-order valence-corrected chi connectivity index (χ4v) is 3.50. The van der Waals surface area contributed by atoms with Gasteiger partial charge in [-0.15, -0.1) is 0 Å². The van der Waals surface area contributed by atoms with Gasteiger partial charge in [0.1, 0.15) is 5.75 Å². The first-order chi connectivity index (χ1) is 12.0. The molecule has 0 spiro atoms. The largest absolute Gasteiger partial charge is 0.496 e. The highest BCUT2D eigenvalue weighted by Crippen LogP contribution is 2.35. The Bertz CT molecular complexity index is 865. The maximum Gasteiger partial charge on any atom is 0.293 e. The predicted octanol–water partition coefficient (Wildman–Crippen LogP) is 5.24. The van der Waals surface area contributed by atoms with Gasteiger partial charge in [0.05, 0.1) is 18.6 Å². The normalized spacial score (nSPS) is 16.0. The summed E-state index contributed by atoms with van der Waals surface area (Å²) in [6.07, 6.45) is 1.62. The molecule has 0 radical (unpaired) electrons. The van der Waals surface area contributed by atoms with Crippen molar-refractivity contribution in [2.24, 2.45) is 0 Å². The van der Waals surface area contributed by atoms with Gasteiger partial charge in [-0.3, -0.25) is 14.5 Å². The molecule has 2 aromatic rings. The number of methoxy groups -OCH3 is 1. The van der Waals surface area contributed by atoms with Crippen LogP contribution < -0.4 is 4.74 Å². The van der Waals surface area contributed by atoms with Crippen molar-refractivity contribution in [2.45, 2.75) is 6.54 Å². The molecule has 0 saturated carbocycles. The Morgan fingerprint density at radius 2 is 1.76 bits per heavy atom. The maximum absolute atomic E-state index is 12.6. The number of halogens is 2. The van der Waals surface area contributed by atoms with Crippen molar-refractivity contribution in [1.82, 2.24) is 4.90 Å². The second kappa shape index (κ2) is 7.52. The van der Waals surface area contributed by atoms with E-state index in [9.17, 15) is 9.59 Å². The van der Waals surface area contributed by atoms with E-state index < -0.39 is 0 Å². The summed E-state index contributed by atoms with van der Waals surface area (Å²) in [7, 11) is 1.53. The van der Waals surface area contributed by atoms with Crippen LogP contribution in [0.2, 0.25) is 10.0 Å². The summed E-state index contributed by atoms with van der Waals surface area (Å²) in [5.41, 5.74) is 1.47. The zero-order chi connectivity index (χ0) is 18.0. The second-order valence-corrected chi connectivity index (χ2v) is 7.15. The number of rotatable bonds is 4. The first kappa shape index (κ1) is 17.9. The molecule has 2 amide bonds. The van der Waals surface area contributed by atoms with Crippen LogP contribution in [0.3, 0.4) is 0 Å². The number of hydrogen-bond acceptors (Lipinski definition) is 4. The van der Waals surface area contributed by atoms with E-state index in [1.807, 2.05) is 0 Å². The maximum atomic E-state index is 12.6. The minimum atomic E-state index is -0.341. The minimum absolute atomic E-state index is 0.200. The molecular formula is C18H13Cl2NO3S. The van der Waals surface area contributed by atoms with Crippen molar-refractivity contribution in [1.29, 1.82) is 0 Å². The molecule has 1 heterocycles. The third-order valence-corrected chi connectivity index (χ3v) is 5.00. The van der Waals surface area contributed by atoms with Crippen LogP contribution in [-0.4, -0.2) is 23.2 Å². The Kier molecular flexibility index (Phi) is 5.37. The molecule has 0 atom stereocenters. The lowest BCUT2D eigenvalue weighted by atomic mass is 10.1. The Balaban J connectivity index is 1.86. The van der Waals surface area contributed by atoms with Gasteiger partial charge < -0.3 is 4.74 Å². The summed E-state index contributed by atoms with van der Waals surface area (Å²) in [4.78, 5) is 26.4. The van der Waals surface area contributed by atoms with Crippen molar-refractivity contribution in [3.05, 3.63) is 68.5 Å². The van der Waals surface area contributed by atoms with Crippen molar-refractivity contribution >= 4 is 52.2 Å². The Morgan fingerprint density at radius 3 is 2.44 bits per heavy atom. The van der Waals surface area contributed by atoms with E-state index in [-0.39, 0.29) is 17.7 Å². The lowest BCUT2D eigenvalue weighted by Crippen LogP contribution is -2.27. The molecule has 4 nitrogen and oxygen atoms in total. The van der Waals surface area contributed by atoms with E-state index in [2.05, 4.69) is 0 Å². The molecule has 25 heavy (non-hydrogen) atoms. The Morgan fingerprint density at radius 1 is 1.08 bits per heavy atom. The SMILES string of the molecule is COc1ccc(Cl)cc1/C=C1\SC(=O)N(Cc2ccc(Cl)cc2)C1=O. The van der Waals surface area contributed by atoms with Crippen LogP contribution in [0.1, 0.15) is 11.1 Å². The number of hydrogen-bond donors (Lipinski definition) is 0. The van der Waals surface area contributed by atoms with Crippen molar-refractivity contribution in [3.63, 3.8) is 0 Å². The quantitative estimate of drug-likeness (QED) is 0.666. The van der Waals surface area contributed by atoms with Gasteiger partial charge in [-0.25, -0.2) is 0 Å². The average Bonchev–Trinajstić information content (AvgIpc) is 2.84. The molecule has 7 heteroatoms. The Hall–Kier alpha value is -1.95. The number of ether oxygens (including phenoxy) is 1. The third kappa shape index (κ3) is 4.00. The van der Waals surface area contributed by atoms with E-state index in [1.54, 1.807) is 48.5 Å². The lowest BCUT2D eigenvalue weighted by Gasteiger charge is -2.12. The summed E-state index contributed by atoms with van der Waals surface area (Å²) in [5.74, 6) is 0.237. The van der Waals surface area contributed by atoms with E-state index in [0.29, 0.717) is 26.3 Å². The summed E-state index contributed by atoms with van der Waals surface area (Å²) < 4.78 is 5.27. The number of carbonyl (C=O) groups excluding carboxylic acids is 2. The van der Waals surface area contributed by atoms with Crippen LogP contribution in [0.25, 0.3) is 6.08 Å². The van der Waals surface area contributed by atoms with Gasteiger partial charge in [-0.1, -0.05) is 35.3 Å². The third-order valence-electron chi connectivity index (χ3n) is 3.61. The van der Waals surface area contributed by atoms with Crippen LogP contribution in [-0.2, 0) is 11.3 Å². The fourth-order valence-electron chi connectivity index (χ4n) is 2.37. The number of benzene rings is 2. The minimum Gasteiger partial charge on any atom is -0.496 e. The van der Waals surface area contributed by atoms with Gasteiger partial charge in [0.15, 0.2) is 0 Å². The molecular weight excluding hydrogens is 381 g/mol. The van der Waals surface area contributed by atoms with E-state index in [4.69, 9.17) is 27.9 Å². The van der Waals surface area contributed by atoms with Crippen molar-refractivity contribution in [3.8, 4) is 5.75 Å². The highest BCUT2D eigenvalue weighted by Gasteiger charge is 2.35. The molecule has 2 aromatic carbocycles. The molecule has 1 saturated heterocycles. The van der Waals surface area contributed by atoms with Crippen molar-refractivity contribution in [2.75, 3.05) is 7.11 Å². The number of imide groups is 1. The van der Waals surface area contributed by atoms with E-state index in [0.717, 1.165) is 17.3 Å². The summed E-state index contributed by atoms with van der Waals surface area (Å²) >= 11 is 12.8. The summed E-state index contributed by atoms with van der Waals surface area (Å²) in [5, 5.41) is 0.811. The highest BCUT2D eigenvalue weighted by atomic mass is 35.5. The summed E-state index contributed by atoms with van der Waals surface area (Å²) in [6.45, 7) is 0.200. The zero-order valence-electron chi connectivity index (χ0n) is 13.2. The first-order valence-electron chi connectivity index (χ1n) is 7.31. The van der Waals surface area contributed by atoms with Crippen LogP contribution in [0.15, 0.2) is 47.4 Å².